The zero-order valence-corrected chi connectivity index (χ0v) is 23.2. The maximum Gasteiger partial charge on any atom is 0.340 e. The first-order valence-electron chi connectivity index (χ1n) is 9.91. The lowest BCUT2D eigenvalue weighted by Crippen LogP contribution is -2.29. The molecule has 1 heterocycles. The molecule has 1 aliphatic rings. The van der Waals surface area contributed by atoms with E-state index in [1.807, 2.05) is 6.07 Å². The molecule has 0 saturated carbocycles. The van der Waals surface area contributed by atoms with Gasteiger partial charge < -0.3 is 10.1 Å². The highest BCUT2D eigenvalue weighted by Gasteiger charge is 2.32. The van der Waals surface area contributed by atoms with Crippen LogP contribution < -0.4 is 9.62 Å². The summed E-state index contributed by atoms with van der Waals surface area (Å²) in [6, 6.07) is 14.5. The number of anilines is 2. The summed E-state index contributed by atoms with van der Waals surface area (Å²) in [5.41, 5.74) is 2.06. The van der Waals surface area contributed by atoms with E-state index in [-0.39, 0.29) is 21.7 Å². The SMILES string of the molecule is COC(=O)c1cc(Br)ccc1NC(=O)c1cc(Br)cc(S(=O)(=O)N2CCc3cc(Br)ccc32)c1. The van der Waals surface area contributed by atoms with E-state index in [9.17, 15) is 18.0 Å². The smallest absolute Gasteiger partial charge is 0.340 e. The fraction of sp³-hybridized carbons (Fsp3) is 0.130. The molecule has 34 heavy (non-hydrogen) atoms. The molecule has 1 aliphatic heterocycles. The van der Waals surface area contributed by atoms with Crippen LogP contribution in [0.2, 0.25) is 0 Å². The lowest BCUT2D eigenvalue weighted by atomic mass is 10.1. The Balaban J connectivity index is 1.67. The van der Waals surface area contributed by atoms with Gasteiger partial charge in [0.25, 0.3) is 15.9 Å². The van der Waals surface area contributed by atoms with Crippen molar-refractivity contribution in [3.63, 3.8) is 0 Å². The van der Waals surface area contributed by atoms with Crippen LogP contribution in [-0.2, 0) is 21.2 Å². The Kier molecular flexibility index (Phi) is 7.18. The number of carbonyl (C=O) groups excluding carboxylic acids is 2. The lowest BCUT2D eigenvalue weighted by Gasteiger charge is -2.20. The van der Waals surface area contributed by atoms with Crippen LogP contribution in [0.15, 0.2) is 72.9 Å². The fourth-order valence-electron chi connectivity index (χ4n) is 3.66. The minimum Gasteiger partial charge on any atom is -0.465 e. The Bertz CT molecular complexity index is 1430. The number of nitrogens with zero attached hydrogens (tertiary/aromatic N) is 1. The topological polar surface area (TPSA) is 92.8 Å². The molecule has 4 rings (SSSR count). The molecule has 0 radical (unpaired) electrons. The molecule has 7 nitrogen and oxygen atoms in total. The third-order valence-corrected chi connectivity index (χ3v) is 8.49. The first kappa shape index (κ1) is 24.9. The molecule has 0 bridgehead atoms. The average Bonchev–Trinajstić information content (AvgIpc) is 3.23. The third-order valence-electron chi connectivity index (χ3n) is 5.25. The highest BCUT2D eigenvalue weighted by molar-refractivity contribution is 9.11. The molecule has 1 N–H and O–H groups in total. The second-order valence-electron chi connectivity index (χ2n) is 7.41. The number of hydrogen-bond donors (Lipinski definition) is 1. The van der Waals surface area contributed by atoms with Gasteiger partial charge in [-0.3, -0.25) is 9.10 Å². The third kappa shape index (κ3) is 4.93. The zero-order chi connectivity index (χ0) is 24.6. The number of fused-ring (bicyclic) bond motifs is 1. The number of rotatable bonds is 5. The largest absolute Gasteiger partial charge is 0.465 e. The van der Waals surface area contributed by atoms with Crippen molar-refractivity contribution in [1.29, 1.82) is 0 Å². The molecule has 11 heteroatoms. The van der Waals surface area contributed by atoms with E-state index in [2.05, 4.69) is 53.1 Å². The van der Waals surface area contributed by atoms with Gasteiger partial charge in [0.15, 0.2) is 0 Å². The molecule has 176 valence electrons. The number of nitrogens with one attached hydrogen (secondary N) is 1. The van der Waals surface area contributed by atoms with Crippen molar-refractivity contribution in [2.75, 3.05) is 23.3 Å². The normalized spacial score (nSPS) is 12.9. The summed E-state index contributed by atoms with van der Waals surface area (Å²) in [7, 11) is -2.67. The van der Waals surface area contributed by atoms with Crippen LogP contribution >= 0.6 is 47.8 Å². The standard InChI is InChI=1S/C23H17Br3N2O5S/c1-33-23(30)19-12-16(25)2-4-20(19)27-22(29)14-9-17(26)11-18(10-14)34(31,32)28-7-6-13-8-15(24)3-5-21(13)28/h2-5,8-12H,6-7H2,1H3,(H,27,29). The summed E-state index contributed by atoms with van der Waals surface area (Å²) in [5.74, 6) is -1.19. The second-order valence-corrected chi connectivity index (χ2v) is 12.0. The predicted molar refractivity (Wildman–Crippen MR) is 140 cm³/mol. The van der Waals surface area contributed by atoms with Crippen molar-refractivity contribution < 1.29 is 22.7 Å². The van der Waals surface area contributed by atoms with Gasteiger partial charge in [-0.1, -0.05) is 47.8 Å². The summed E-state index contributed by atoms with van der Waals surface area (Å²) in [4.78, 5) is 25.1. The van der Waals surface area contributed by atoms with Crippen molar-refractivity contribution in [3.8, 4) is 0 Å². The Morgan fingerprint density at radius 1 is 0.941 bits per heavy atom. The quantitative estimate of drug-likeness (QED) is 0.348. The van der Waals surface area contributed by atoms with Gasteiger partial charge in [-0.25, -0.2) is 13.2 Å². The van der Waals surface area contributed by atoms with Crippen LogP contribution in [-0.4, -0.2) is 33.9 Å². The van der Waals surface area contributed by atoms with Gasteiger partial charge >= 0.3 is 5.97 Å². The summed E-state index contributed by atoms with van der Waals surface area (Å²) < 4.78 is 35.1. The van der Waals surface area contributed by atoms with Gasteiger partial charge in [-0.05, 0) is 66.6 Å². The van der Waals surface area contributed by atoms with Gasteiger partial charge in [0, 0.05) is 25.5 Å². The van der Waals surface area contributed by atoms with Crippen LogP contribution in [0.5, 0.6) is 0 Å². The Morgan fingerprint density at radius 2 is 1.65 bits per heavy atom. The van der Waals surface area contributed by atoms with E-state index in [0.29, 0.717) is 27.6 Å². The number of esters is 1. The monoisotopic (exact) mass is 670 g/mol. The summed E-state index contributed by atoms with van der Waals surface area (Å²) in [6.45, 7) is 0.309. The zero-order valence-electron chi connectivity index (χ0n) is 17.6. The van der Waals surface area contributed by atoms with E-state index < -0.39 is 21.9 Å². The van der Waals surface area contributed by atoms with Crippen LogP contribution in [0.1, 0.15) is 26.3 Å². The van der Waals surface area contributed by atoms with E-state index in [1.165, 1.54) is 35.7 Å². The summed E-state index contributed by atoms with van der Waals surface area (Å²) in [5, 5.41) is 2.67. The van der Waals surface area contributed by atoms with Crippen LogP contribution in [0, 0.1) is 0 Å². The second kappa shape index (κ2) is 9.80. The number of benzene rings is 3. The highest BCUT2D eigenvalue weighted by Crippen LogP contribution is 2.35. The first-order valence-corrected chi connectivity index (χ1v) is 13.7. The van der Waals surface area contributed by atoms with Gasteiger partial charge in [0.1, 0.15) is 0 Å². The predicted octanol–water partition coefficient (Wildman–Crippen LogP) is 5.76. The molecular weight excluding hydrogens is 656 g/mol. The van der Waals surface area contributed by atoms with Gasteiger partial charge in [0.2, 0.25) is 0 Å². The highest BCUT2D eigenvalue weighted by atomic mass is 79.9. The average molecular weight is 673 g/mol. The molecule has 3 aromatic rings. The molecule has 0 unspecified atom stereocenters. The van der Waals surface area contributed by atoms with E-state index in [1.54, 1.807) is 24.3 Å². The van der Waals surface area contributed by atoms with Gasteiger partial charge in [-0.2, -0.15) is 0 Å². The number of sulfonamides is 1. The minimum atomic E-state index is -3.92. The van der Waals surface area contributed by atoms with E-state index in [4.69, 9.17) is 4.74 Å². The molecular formula is C23H17Br3N2O5S. The van der Waals surface area contributed by atoms with Crippen LogP contribution in [0.3, 0.4) is 0 Å². The Morgan fingerprint density at radius 3 is 2.38 bits per heavy atom. The lowest BCUT2D eigenvalue weighted by molar-refractivity contribution is 0.0602. The summed E-state index contributed by atoms with van der Waals surface area (Å²) >= 11 is 10.0. The van der Waals surface area contributed by atoms with Crippen LogP contribution in [0.4, 0.5) is 11.4 Å². The maximum absolute atomic E-state index is 13.5. The van der Waals surface area contributed by atoms with E-state index in [0.717, 1.165) is 10.0 Å². The fourth-order valence-corrected chi connectivity index (χ4v) is 6.65. The molecule has 1 amide bonds. The molecule has 3 aromatic carbocycles. The van der Waals surface area contributed by atoms with Gasteiger partial charge in [0.05, 0.1) is 28.9 Å². The number of halogens is 3. The number of hydrogen-bond acceptors (Lipinski definition) is 5. The number of amides is 1. The van der Waals surface area contributed by atoms with Crippen molar-refractivity contribution in [2.24, 2.45) is 0 Å². The van der Waals surface area contributed by atoms with Crippen molar-refractivity contribution in [3.05, 3.63) is 84.7 Å². The Labute approximate surface area is 221 Å². The molecule has 0 aromatic heterocycles. The number of methoxy groups -OCH3 is 1. The van der Waals surface area contributed by atoms with E-state index >= 15 is 0 Å². The molecule has 0 fully saturated rings. The molecule has 0 aliphatic carbocycles. The van der Waals surface area contributed by atoms with Crippen molar-refractivity contribution >= 4 is 81.1 Å². The van der Waals surface area contributed by atoms with Gasteiger partial charge in [-0.15, -0.1) is 0 Å². The number of carbonyl (C=O) groups is 2. The molecule has 0 spiro atoms. The van der Waals surface area contributed by atoms with Crippen molar-refractivity contribution in [2.45, 2.75) is 11.3 Å². The van der Waals surface area contributed by atoms with Crippen LogP contribution in [0.25, 0.3) is 0 Å². The molecule has 0 atom stereocenters. The summed E-state index contributed by atoms with van der Waals surface area (Å²) in [6.07, 6.45) is 0.592. The Hall–Kier alpha value is -2.21. The maximum atomic E-state index is 13.5. The minimum absolute atomic E-state index is 0.0215. The number of ether oxygens (including phenoxy) is 1. The first-order chi connectivity index (χ1) is 16.1. The molecule has 0 saturated heterocycles. The van der Waals surface area contributed by atoms with Crippen molar-refractivity contribution in [1.82, 2.24) is 0 Å².